The summed E-state index contributed by atoms with van der Waals surface area (Å²) in [7, 11) is 0. The summed E-state index contributed by atoms with van der Waals surface area (Å²) >= 11 is 5.67. The van der Waals surface area contributed by atoms with E-state index in [2.05, 4.69) is 0 Å². The van der Waals surface area contributed by atoms with Gasteiger partial charge in [-0.05, 0) is 30.7 Å². The van der Waals surface area contributed by atoms with Crippen molar-refractivity contribution in [1.29, 1.82) is 0 Å². The lowest BCUT2D eigenvalue weighted by atomic mass is 10.1. The number of fused-ring (bicyclic) bond motifs is 1. The molecule has 2 aromatic carbocycles. The van der Waals surface area contributed by atoms with Gasteiger partial charge in [-0.15, -0.1) is 11.6 Å². The Labute approximate surface area is 150 Å². The highest BCUT2D eigenvalue weighted by Crippen LogP contribution is 2.34. The van der Waals surface area contributed by atoms with Crippen LogP contribution < -0.4 is 9.47 Å². The highest BCUT2D eigenvalue weighted by molar-refractivity contribution is 6.29. The number of hydrogen-bond donors (Lipinski definition) is 0. The largest absolute Gasteiger partial charge is 0.452 e. The zero-order valence-electron chi connectivity index (χ0n) is 13.4. The third-order valence-corrected chi connectivity index (χ3v) is 3.70. The molecule has 3 rings (SSSR count). The highest BCUT2D eigenvalue weighted by atomic mass is 35.5. The van der Waals surface area contributed by atoms with E-state index < -0.39 is 11.3 Å². The molecule has 1 unspecified atom stereocenters. The van der Waals surface area contributed by atoms with Gasteiger partial charge in [-0.3, -0.25) is 9.59 Å². The molecule has 0 N–H and O–H groups in total. The number of ketones is 1. The fourth-order valence-electron chi connectivity index (χ4n) is 2.25. The van der Waals surface area contributed by atoms with Crippen molar-refractivity contribution in [3.8, 4) is 11.5 Å². The molecule has 1 aliphatic heterocycles. The van der Waals surface area contributed by atoms with Gasteiger partial charge in [-0.2, -0.15) is 0 Å². The Morgan fingerprint density at radius 2 is 1.96 bits per heavy atom. The molecule has 0 aliphatic carbocycles. The lowest BCUT2D eigenvalue weighted by Gasteiger charge is -2.06. The van der Waals surface area contributed by atoms with Gasteiger partial charge in [0.15, 0.2) is 5.76 Å². The number of hydrogen-bond acceptors (Lipinski definition) is 4. The molecular formula is C20H15ClO4. The number of halogens is 1. The average molecular weight is 355 g/mol. The van der Waals surface area contributed by atoms with Gasteiger partial charge in [-0.1, -0.05) is 42.5 Å². The van der Waals surface area contributed by atoms with Crippen molar-refractivity contribution >= 4 is 29.4 Å². The molecule has 2 aromatic rings. The minimum Gasteiger partial charge on any atom is -0.452 e. The van der Waals surface area contributed by atoms with Crippen LogP contribution >= 0.6 is 11.6 Å². The molecule has 5 heteroatoms. The number of carbonyl (C=O) groups is 2. The van der Waals surface area contributed by atoms with E-state index in [1.54, 1.807) is 24.3 Å². The third-order valence-electron chi connectivity index (χ3n) is 3.52. The standard InChI is InChI=1S/C20H15ClO4/c1-13(21)20(23)24-15-10-11-16-18(12-15)25-17(19(16)22)9-5-8-14-6-3-2-4-7-14/h2-13H,1H3/b8-5+,17-9-. The Kier molecular flexibility index (Phi) is 5.00. The maximum atomic E-state index is 12.3. The normalized spacial score (nSPS) is 15.9. The molecule has 1 heterocycles. The van der Waals surface area contributed by atoms with E-state index in [1.807, 2.05) is 36.4 Å². The van der Waals surface area contributed by atoms with Gasteiger partial charge in [0.1, 0.15) is 16.9 Å². The van der Waals surface area contributed by atoms with Crippen LogP contribution in [0.3, 0.4) is 0 Å². The molecule has 0 bridgehead atoms. The molecule has 0 fully saturated rings. The maximum absolute atomic E-state index is 12.3. The van der Waals surface area contributed by atoms with E-state index in [0.717, 1.165) is 5.56 Å². The van der Waals surface area contributed by atoms with Gasteiger partial charge in [0.2, 0.25) is 5.78 Å². The Morgan fingerprint density at radius 3 is 2.68 bits per heavy atom. The van der Waals surface area contributed by atoms with Crippen molar-refractivity contribution in [2.75, 3.05) is 0 Å². The number of benzene rings is 2. The van der Waals surface area contributed by atoms with Crippen LogP contribution in [0.5, 0.6) is 11.5 Å². The first-order valence-electron chi connectivity index (χ1n) is 7.70. The molecule has 0 aromatic heterocycles. The Bertz CT molecular complexity index is 867. The Balaban J connectivity index is 1.75. The first-order chi connectivity index (χ1) is 12.0. The zero-order valence-corrected chi connectivity index (χ0v) is 14.2. The fourth-order valence-corrected chi connectivity index (χ4v) is 2.30. The quantitative estimate of drug-likeness (QED) is 0.353. The fraction of sp³-hybridized carbons (Fsp3) is 0.100. The van der Waals surface area contributed by atoms with Crippen molar-refractivity contribution < 1.29 is 19.1 Å². The van der Waals surface area contributed by atoms with Crippen LogP contribution in [-0.4, -0.2) is 17.1 Å². The number of esters is 1. The summed E-state index contributed by atoms with van der Waals surface area (Å²) in [6.07, 6.45) is 5.24. The monoisotopic (exact) mass is 354 g/mol. The Hall–Kier alpha value is -2.85. The number of allylic oxidation sites excluding steroid dienone is 3. The molecule has 25 heavy (non-hydrogen) atoms. The minimum absolute atomic E-state index is 0.212. The summed E-state index contributed by atoms with van der Waals surface area (Å²) in [6, 6.07) is 14.3. The summed E-state index contributed by atoms with van der Waals surface area (Å²) in [5.41, 5.74) is 1.45. The van der Waals surface area contributed by atoms with Gasteiger partial charge < -0.3 is 9.47 Å². The van der Waals surface area contributed by atoms with Crippen LogP contribution in [-0.2, 0) is 4.79 Å². The Morgan fingerprint density at radius 1 is 1.20 bits per heavy atom. The SMILES string of the molecule is CC(Cl)C(=O)Oc1ccc2c(c1)O/C(=C\C=C\c1ccccc1)C2=O. The molecule has 1 aliphatic rings. The molecule has 126 valence electrons. The molecule has 1 atom stereocenters. The highest BCUT2D eigenvalue weighted by Gasteiger charge is 2.27. The van der Waals surface area contributed by atoms with Crippen molar-refractivity contribution in [3.63, 3.8) is 0 Å². The van der Waals surface area contributed by atoms with Crippen LogP contribution in [0.1, 0.15) is 22.8 Å². The first kappa shape index (κ1) is 17.0. The van der Waals surface area contributed by atoms with E-state index in [0.29, 0.717) is 11.3 Å². The van der Waals surface area contributed by atoms with Crippen LogP contribution in [0, 0.1) is 0 Å². The average Bonchev–Trinajstić information content (AvgIpc) is 2.91. The second kappa shape index (κ2) is 7.36. The van der Waals surface area contributed by atoms with E-state index in [4.69, 9.17) is 21.1 Å². The van der Waals surface area contributed by atoms with Gasteiger partial charge in [0.25, 0.3) is 0 Å². The summed E-state index contributed by atoms with van der Waals surface area (Å²) in [5, 5.41) is -0.755. The van der Waals surface area contributed by atoms with Gasteiger partial charge in [-0.25, -0.2) is 0 Å². The number of alkyl halides is 1. The third kappa shape index (κ3) is 3.98. The van der Waals surface area contributed by atoms with Crippen LogP contribution in [0.2, 0.25) is 0 Å². The number of carbonyl (C=O) groups excluding carboxylic acids is 2. The predicted octanol–water partition coefficient (Wildman–Crippen LogP) is 4.39. The summed E-state index contributed by atoms with van der Waals surface area (Å²) in [4.78, 5) is 23.9. The van der Waals surface area contributed by atoms with E-state index in [1.165, 1.54) is 13.0 Å². The maximum Gasteiger partial charge on any atom is 0.329 e. The van der Waals surface area contributed by atoms with Crippen molar-refractivity contribution in [3.05, 3.63) is 77.6 Å². The smallest absolute Gasteiger partial charge is 0.329 e. The second-order valence-corrected chi connectivity index (χ2v) is 6.08. The van der Waals surface area contributed by atoms with Crippen LogP contribution in [0.15, 0.2) is 66.4 Å². The number of ether oxygens (including phenoxy) is 2. The minimum atomic E-state index is -0.755. The van der Waals surface area contributed by atoms with Gasteiger partial charge >= 0.3 is 5.97 Å². The lowest BCUT2D eigenvalue weighted by molar-refractivity contribution is -0.133. The predicted molar refractivity (Wildman–Crippen MR) is 95.9 cm³/mol. The van der Waals surface area contributed by atoms with Crippen molar-refractivity contribution in [2.24, 2.45) is 0 Å². The van der Waals surface area contributed by atoms with Gasteiger partial charge in [0.05, 0.1) is 5.56 Å². The second-order valence-electron chi connectivity index (χ2n) is 5.43. The summed E-state index contributed by atoms with van der Waals surface area (Å²) < 4.78 is 10.7. The molecule has 0 radical (unpaired) electrons. The summed E-state index contributed by atoms with van der Waals surface area (Å²) in [6.45, 7) is 1.52. The van der Waals surface area contributed by atoms with Crippen molar-refractivity contribution in [1.82, 2.24) is 0 Å². The lowest BCUT2D eigenvalue weighted by Crippen LogP contribution is -2.17. The number of Topliss-reactive ketones (excluding diaryl/α,β-unsaturated/α-hetero) is 1. The van der Waals surface area contributed by atoms with Gasteiger partial charge in [0, 0.05) is 6.07 Å². The molecule has 0 saturated heterocycles. The van der Waals surface area contributed by atoms with Crippen molar-refractivity contribution in [2.45, 2.75) is 12.3 Å². The van der Waals surface area contributed by atoms with Crippen LogP contribution in [0.25, 0.3) is 6.08 Å². The van der Waals surface area contributed by atoms with E-state index in [-0.39, 0.29) is 17.3 Å². The number of rotatable bonds is 4. The first-order valence-corrected chi connectivity index (χ1v) is 8.14. The molecule has 0 amide bonds. The molecule has 0 spiro atoms. The zero-order chi connectivity index (χ0) is 17.8. The van der Waals surface area contributed by atoms with E-state index >= 15 is 0 Å². The van der Waals surface area contributed by atoms with E-state index in [9.17, 15) is 9.59 Å². The molecular weight excluding hydrogens is 340 g/mol. The molecule has 4 nitrogen and oxygen atoms in total. The molecule has 0 saturated carbocycles. The van der Waals surface area contributed by atoms with Crippen LogP contribution in [0.4, 0.5) is 0 Å². The topological polar surface area (TPSA) is 52.6 Å². The summed E-state index contributed by atoms with van der Waals surface area (Å²) in [5.74, 6) is 0.0854.